The number of rotatable bonds is 74. The first-order valence-corrected chi connectivity index (χ1v) is 43.1. The summed E-state index contributed by atoms with van der Waals surface area (Å²) in [5, 5.41) is 10.6. The van der Waals surface area contributed by atoms with Crippen molar-refractivity contribution in [2.24, 2.45) is 0 Å². The maximum Gasteiger partial charge on any atom is 0.472 e. The number of carbonyl (C=O) groups is 4. The minimum absolute atomic E-state index is 0.0587. The standard InChI is InChI=1S/C85H142O17P2/c1-5-9-13-17-21-25-29-33-36-38-39-41-44-47-50-54-58-62-66-70-83(88)95-75-80(101-84(89)71-67-63-59-55-51-45-32-28-24-20-16-12-8-4)77-99-103(91,92)97-73-79(86)74-98-104(93,94)100-78-81(102-85(90)72-68-64-60-56-52-48-42-35-31-27-23-19-15-11-7-3)76-96-82(87)69-65-61-57-53-49-46-43-40-37-34-30-26-22-18-14-10-6-2/h10-11,14-15,21-23,25-28,32-37,39,41-43,46,53,57,79-81,86H,5-9,12-13,16-20,24,29-31,38,40,44-45,47-52,54-56,58-78H2,1-4H3,(H,91,92)(H,93,94)/b14-10-,15-11-,25-21-,26-22-,27-23-,32-28-,36-33-,37-34-,41-39-,42-35-,46-43-,57-53-. The van der Waals surface area contributed by atoms with Gasteiger partial charge in [-0.1, -0.05) is 270 Å². The predicted octanol–water partition coefficient (Wildman–Crippen LogP) is 23.4. The Morgan fingerprint density at radius 1 is 0.279 bits per heavy atom. The minimum atomic E-state index is -5.00. The van der Waals surface area contributed by atoms with E-state index >= 15 is 0 Å². The number of esters is 4. The third-order valence-corrected chi connectivity index (χ3v) is 18.2. The fourth-order valence-electron chi connectivity index (χ4n) is 10.2. The number of aliphatic hydroxyl groups excluding tert-OH is 1. The Morgan fingerprint density at radius 2 is 0.510 bits per heavy atom. The summed E-state index contributed by atoms with van der Waals surface area (Å²) in [4.78, 5) is 73.0. The summed E-state index contributed by atoms with van der Waals surface area (Å²) >= 11 is 0. The van der Waals surface area contributed by atoms with Crippen LogP contribution in [0, 0.1) is 0 Å². The summed E-state index contributed by atoms with van der Waals surface area (Å²) in [6.45, 7) is 4.50. The third kappa shape index (κ3) is 75.2. The zero-order valence-corrected chi connectivity index (χ0v) is 66.7. The number of aliphatic hydroxyl groups is 1. The van der Waals surface area contributed by atoms with Crippen LogP contribution in [-0.4, -0.2) is 96.7 Å². The molecule has 0 bridgehead atoms. The Labute approximate surface area is 630 Å². The van der Waals surface area contributed by atoms with Crippen LogP contribution in [0.5, 0.6) is 0 Å². The topological polar surface area (TPSA) is 237 Å². The van der Waals surface area contributed by atoms with Crippen molar-refractivity contribution in [1.82, 2.24) is 0 Å². The largest absolute Gasteiger partial charge is 0.472 e. The fourth-order valence-corrected chi connectivity index (χ4v) is 11.8. The normalized spacial score (nSPS) is 14.6. The molecule has 0 spiro atoms. The average Bonchev–Trinajstić information content (AvgIpc) is 0.939. The first-order valence-electron chi connectivity index (χ1n) is 40.1. The van der Waals surface area contributed by atoms with Crippen LogP contribution in [0.25, 0.3) is 0 Å². The van der Waals surface area contributed by atoms with Crippen LogP contribution in [0.2, 0.25) is 0 Å². The number of phosphoric acid groups is 2. The lowest BCUT2D eigenvalue weighted by Crippen LogP contribution is -2.30. The number of hydrogen-bond donors (Lipinski definition) is 3. The van der Waals surface area contributed by atoms with Crippen LogP contribution in [-0.2, 0) is 65.4 Å². The first kappa shape index (κ1) is 98.9. The average molecular weight is 1500 g/mol. The van der Waals surface area contributed by atoms with Gasteiger partial charge in [-0.2, -0.15) is 0 Å². The lowest BCUT2D eigenvalue weighted by molar-refractivity contribution is -0.161. The highest BCUT2D eigenvalue weighted by Crippen LogP contribution is 2.45. The van der Waals surface area contributed by atoms with Gasteiger partial charge >= 0.3 is 39.5 Å². The molecule has 0 aliphatic rings. The molecule has 0 radical (unpaired) electrons. The Hall–Kier alpha value is -5.06. The van der Waals surface area contributed by atoms with Gasteiger partial charge in [0.1, 0.15) is 19.3 Å². The van der Waals surface area contributed by atoms with E-state index in [0.717, 1.165) is 180 Å². The van der Waals surface area contributed by atoms with E-state index in [4.69, 9.17) is 37.0 Å². The van der Waals surface area contributed by atoms with E-state index in [1.807, 2.05) is 12.2 Å². The Morgan fingerprint density at radius 3 is 0.837 bits per heavy atom. The van der Waals surface area contributed by atoms with Gasteiger partial charge in [0.05, 0.1) is 26.4 Å². The molecule has 594 valence electrons. The molecule has 0 aromatic carbocycles. The van der Waals surface area contributed by atoms with Crippen LogP contribution in [0.1, 0.15) is 310 Å². The van der Waals surface area contributed by atoms with Crippen LogP contribution >= 0.6 is 15.6 Å². The molecule has 19 heteroatoms. The van der Waals surface area contributed by atoms with E-state index in [0.29, 0.717) is 32.1 Å². The number of carbonyl (C=O) groups excluding carboxylic acids is 4. The SMILES string of the molecule is CC/C=C\C/C=C\C/C=C\C/C=C\C/C=C\CCCC(=O)OCC(COP(=O)(O)OCC(O)COP(=O)(O)OCC(COC(=O)CCCCCCCC/C=C\C/C=C\C/C=C\CCCCC)OC(=O)CCCCCCC/C=C\CCCCCC)OC(=O)CCCCCCC/C=C\C/C=C\C/C=C\CC. The molecule has 0 aliphatic heterocycles. The van der Waals surface area contributed by atoms with Crippen molar-refractivity contribution in [3.63, 3.8) is 0 Å². The first-order chi connectivity index (χ1) is 50.7. The molecule has 0 aliphatic carbocycles. The summed E-state index contributed by atoms with van der Waals surface area (Å²) < 4.78 is 68.5. The number of allylic oxidation sites excluding steroid dienone is 24. The van der Waals surface area contributed by atoms with Crippen molar-refractivity contribution in [3.05, 3.63) is 146 Å². The molecule has 0 aromatic rings. The van der Waals surface area contributed by atoms with Crippen molar-refractivity contribution in [3.8, 4) is 0 Å². The Balaban J connectivity index is 5.42. The summed E-state index contributed by atoms with van der Waals surface area (Å²) in [6, 6.07) is 0. The molecular formula is C85H142O17P2. The summed E-state index contributed by atoms with van der Waals surface area (Å²) in [5.41, 5.74) is 0. The van der Waals surface area contributed by atoms with E-state index < -0.39 is 97.5 Å². The van der Waals surface area contributed by atoms with E-state index in [9.17, 15) is 43.2 Å². The maximum absolute atomic E-state index is 13.1. The fraction of sp³-hybridized carbons (Fsp3) is 0.671. The van der Waals surface area contributed by atoms with Crippen molar-refractivity contribution in [2.75, 3.05) is 39.6 Å². The van der Waals surface area contributed by atoms with Gasteiger partial charge < -0.3 is 33.8 Å². The number of phosphoric ester groups is 2. The summed E-state index contributed by atoms with van der Waals surface area (Å²) in [6.07, 6.45) is 86.9. The van der Waals surface area contributed by atoms with Crippen molar-refractivity contribution >= 4 is 39.5 Å². The van der Waals surface area contributed by atoms with Crippen LogP contribution in [0.15, 0.2) is 146 Å². The van der Waals surface area contributed by atoms with Crippen LogP contribution < -0.4 is 0 Å². The van der Waals surface area contributed by atoms with E-state index in [2.05, 4.69) is 161 Å². The molecule has 0 fully saturated rings. The van der Waals surface area contributed by atoms with Gasteiger partial charge in [0.2, 0.25) is 0 Å². The molecule has 0 heterocycles. The molecule has 5 unspecified atom stereocenters. The van der Waals surface area contributed by atoms with Gasteiger partial charge in [0, 0.05) is 25.7 Å². The lowest BCUT2D eigenvalue weighted by Gasteiger charge is -2.21. The highest BCUT2D eigenvalue weighted by Gasteiger charge is 2.30. The molecule has 0 amide bonds. The third-order valence-electron chi connectivity index (χ3n) is 16.3. The number of hydrogen-bond acceptors (Lipinski definition) is 15. The predicted molar refractivity (Wildman–Crippen MR) is 427 cm³/mol. The molecule has 0 saturated carbocycles. The second-order valence-corrected chi connectivity index (χ2v) is 29.1. The van der Waals surface area contributed by atoms with E-state index in [1.165, 1.54) is 44.9 Å². The highest BCUT2D eigenvalue weighted by molar-refractivity contribution is 7.47. The molecule has 17 nitrogen and oxygen atoms in total. The molecular weight excluding hydrogens is 1350 g/mol. The smallest absolute Gasteiger partial charge is 0.462 e. The lowest BCUT2D eigenvalue weighted by atomic mass is 10.1. The van der Waals surface area contributed by atoms with E-state index in [1.54, 1.807) is 0 Å². The van der Waals surface area contributed by atoms with Gasteiger partial charge in [0.25, 0.3) is 0 Å². The second-order valence-electron chi connectivity index (χ2n) is 26.2. The molecule has 0 saturated heterocycles. The van der Waals surface area contributed by atoms with E-state index in [-0.39, 0.29) is 25.7 Å². The zero-order chi connectivity index (χ0) is 76.0. The monoisotopic (exact) mass is 1500 g/mol. The van der Waals surface area contributed by atoms with Crippen molar-refractivity contribution < 1.29 is 80.2 Å². The quantitative estimate of drug-likeness (QED) is 0.0169. The molecule has 0 aromatic heterocycles. The molecule has 104 heavy (non-hydrogen) atoms. The van der Waals surface area contributed by atoms with Gasteiger partial charge in [-0.3, -0.25) is 37.3 Å². The number of unbranched alkanes of at least 4 members (excludes halogenated alkanes) is 24. The van der Waals surface area contributed by atoms with Crippen molar-refractivity contribution in [1.29, 1.82) is 0 Å². The van der Waals surface area contributed by atoms with Crippen molar-refractivity contribution in [2.45, 2.75) is 329 Å². The van der Waals surface area contributed by atoms with Gasteiger partial charge in [0.15, 0.2) is 12.2 Å². The maximum atomic E-state index is 13.1. The Kier molecular flexibility index (Phi) is 72.4. The Bertz CT molecular complexity index is 2540. The van der Waals surface area contributed by atoms with Crippen LogP contribution in [0.4, 0.5) is 0 Å². The van der Waals surface area contributed by atoms with Gasteiger partial charge in [-0.05, 0) is 161 Å². The molecule has 0 rings (SSSR count). The molecule has 3 N–H and O–H groups in total. The number of ether oxygens (including phenoxy) is 4. The van der Waals surface area contributed by atoms with Gasteiger partial charge in [-0.25, -0.2) is 9.13 Å². The van der Waals surface area contributed by atoms with Crippen LogP contribution in [0.3, 0.4) is 0 Å². The highest BCUT2D eigenvalue weighted by atomic mass is 31.2. The minimum Gasteiger partial charge on any atom is -0.462 e. The summed E-state index contributed by atoms with van der Waals surface area (Å²) in [7, 11) is -9.99. The molecule has 5 atom stereocenters. The summed E-state index contributed by atoms with van der Waals surface area (Å²) in [5.74, 6) is -2.29. The van der Waals surface area contributed by atoms with Gasteiger partial charge in [-0.15, -0.1) is 0 Å². The zero-order valence-electron chi connectivity index (χ0n) is 64.9. The second kappa shape index (κ2) is 76.1.